The zero-order chi connectivity index (χ0) is 24.0. The maximum Gasteiger partial charge on any atom is 0.243 e. The van der Waals surface area contributed by atoms with Gasteiger partial charge in [0.2, 0.25) is 5.95 Å². The van der Waals surface area contributed by atoms with E-state index < -0.39 is 0 Å². The number of nitrogens with zero attached hydrogens (tertiary/aromatic N) is 7. The second kappa shape index (κ2) is 8.28. The average Bonchev–Trinajstić information content (AvgIpc) is 3.39. The van der Waals surface area contributed by atoms with Gasteiger partial charge >= 0.3 is 0 Å². The first-order valence-corrected chi connectivity index (χ1v) is 11.9. The summed E-state index contributed by atoms with van der Waals surface area (Å²) in [6, 6.07) is 9.07. The summed E-state index contributed by atoms with van der Waals surface area (Å²) in [5.74, 6) is 2.29. The molecule has 0 spiro atoms. The van der Waals surface area contributed by atoms with Crippen molar-refractivity contribution in [2.45, 2.75) is 65.5 Å². The SMILES string of the molecule is CNc1nc(NC2CCC(C)(C#N)CC2)nn2ccc(-c3ccc4nc(C)n(C(C)C)c4n3)c12. The Morgan fingerprint density at radius 2 is 1.91 bits per heavy atom. The van der Waals surface area contributed by atoms with Crippen molar-refractivity contribution >= 4 is 28.4 Å². The molecule has 1 aliphatic carbocycles. The maximum atomic E-state index is 9.39. The Bertz CT molecular complexity index is 1400. The first-order valence-electron chi connectivity index (χ1n) is 11.9. The van der Waals surface area contributed by atoms with Crippen LogP contribution in [-0.2, 0) is 0 Å². The minimum absolute atomic E-state index is 0.216. The van der Waals surface area contributed by atoms with Gasteiger partial charge in [0.05, 0.1) is 17.2 Å². The smallest absolute Gasteiger partial charge is 0.243 e. The van der Waals surface area contributed by atoms with Crippen molar-refractivity contribution in [1.29, 1.82) is 5.26 Å². The second-order valence-electron chi connectivity index (χ2n) is 9.81. The van der Waals surface area contributed by atoms with Crippen molar-refractivity contribution in [1.82, 2.24) is 29.1 Å². The minimum atomic E-state index is -0.216. The summed E-state index contributed by atoms with van der Waals surface area (Å²) in [6.45, 7) is 8.35. The molecule has 1 aliphatic rings. The Morgan fingerprint density at radius 3 is 2.59 bits per heavy atom. The Labute approximate surface area is 199 Å². The first-order chi connectivity index (χ1) is 16.3. The number of pyridine rings is 1. The van der Waals surface area contributed by atoms with Crippen molar-refractivity contribution in [3.8, 4) is 17.3 Å². The van der Waals surface area contributed by atoms with E-state index in [0.717, 1.165) is 65.3 Å². The van der Waals surface area contributed by atoms with Gasteiger partial charge in [-0.3, -0.25) is 0 Å². The standard InChI is InChI=1S/C25H31N9/c1-15(2)34-16(3)28-20-7-6-19(30-23(20)34)18-10-13-33-21(18)22(27-5)31-24(32-33)29-17-8-11-25(4,14-26)12-9-17/h6-7,10,13,15,17H,8-9,11-12H2,1-5H3,(H2,27,29,31,32). The second-order valence-corrected chi connectivity index (χ2v) is 9.81. The van der Waals surface area contributed by atoms with Gasteiger partial charge in [0.25, 0.3) is 0 Å². The number of imidazole rings is 1. The van der Waals surface area contributed by atoms with E-state index in [1.807, 2.05) is 49.8 Å². The molecule has 9 nitrogen and oxygen atoms in total. The molecule has 0 unspecified atom stereocenters. The molecular formula is C25H31N9. The first kappa shape index (κ1) is 22.1. The number of fused-ring (bicyclic) bond motifs is 2. The van der Waals surface area contributed by atoms with Gasteiger partial charge in [-0.1, -0.05) is 0 Å². The lowest BCUT2D eigenvalue weighted by molar-refractivity contribution is 0.279. The lowest BCUT2D eigenvalue weighted by atomic mass is 9.75. The summed E-state index contributed by atoms with van der Waals surface area (Å²) < 4.78 is 4.02. The largest absolute Gasteiger partial charge is 0.371 e. The molecule has 4 heterocycles. The highest BCUT2D eigenvalue weighted by Crippen LogP contribution is 2.36. The van der Waals surface area contributed by atoms with E-state index in [0.29, 0.717) is 5.95 Å². The van der Waals surface area contributed by atoms with E-state index in [4.69, 9.17) is 15.1 Å². The van der Waals surface area contributed by atoms with Crippen LogP contribution in [0.15, 0.2) is 24.4 Å². The Balaban J connectivity index is 1.50. The summed E-state index contributed by atoms with van der Waals surface area (Å²) in [6.07, 6.45) is 5.59. The molecule has 2 N–H and O–H groups in total. The molecule has 176 valence electrons. The van der Waals surface area contributed by atoms with Crippen molar-refractivity contribution < 1.29 is 0 Å². The molecule has 4 aromatic rings. The number of anilines is 2. The predicted molar refractivity (Wildman–Crippen MR) is 134 cm³/mol. The lowest BCUT2D eigenvalue weighted by Gasteiger charge is -2.32. The fraction of sp³-hybridized carbons (Fsp3) is 0.480. The highest BCUT2D eigenvalue weighted by atomic mass is 15.3. The number of hydrogen-bond acceptors (Lipinski definition) is 7. The molecule has 34 heavy (non-hydrogen) atoms. The van der Waals surface area contributed by atoms with Crippen molar-refractivity contribution in [2.75, 3.05) is 17.7 Å². The van der Waals surface area contributed by atoms with Crippen LogP contribution in [0.3, 0.4) is 0 Å². The molecule has 0 radical (unpaired) electrons. The van der Waals surface area contributed by atoms with E-state index in [1.54, 1.807) is 0 Å². The number of nitrogens with one attached hydrogen (secondary N) is 2. The Hall–Kier alpha value is -3.67. The van der Waals surface area contributed by atoms with Gasteiger partial charge in [-0.2, -0.15) is 10.2 Å². The van der Waals surface area contributed by atoms with Crippen LogP contribution in [0.2, 0.25) is 0 Å². The maximum absolute atomic E-state index is 9.39. The van der Waals surface area contributed by atoms with E-state index in [1.165, 1.54) is 0 Å². The highest BCUT2D eigenvalue weighted by molar-refractivity contribution is 5.89. The Morgan fingerprint density at radius 1 is 1.15 bits per heavy atom. The molecule has 0 aliphatic heterocycles. The molecule has 0 saturated heterocycles. The fourth-order valence-electron chi connectivity index (χ4n) is 5.02. The molecule has 1 saturated carbocycles. The summed E-state index contributed by atoms with van der Waals surface area (Å²) >= 11 is 0. The fourth-order valence-corrected chi connectivity index (χ4v) is 5.02. The van der Waals surface area contributed by atoms with Crippen LogP contribution in [0.1, 0.15) is 58.3 Å². The van der Waals surface area contributed by atoms with Crippen molar-refractivity contribution in [3.63, 3.8) is 0 Å². The molecule has 0 bridgehead atoms. The summed E-state index contributed by atoms with van der Waals surface area (Å²) in [5.41, 5.74) is 4.28. The topological polar surface area (TPSA) is 109 Å². The van der Waals surface area contributed by atoms with E-state index in [-0.39, 0.29) is 17.5 Å². The van der Waals surface area contributed by atoms with Crippen molar-refractivity contribution in [2.24, 2.45) is 5.41 Å². The number of nitriles is 1. The van der Waals surface area contributed by atoms with Gasteiger partial charge in [0, 0.05) is 30.9 Å². The van der Waals surface area contributed by atoms with Crippen LogP contribution in [0.5, 0.6) is 0 Å². The third-order valence-electron chi connectivity index (χ3n) is 6.95. The minimum Gasteiger partial charge on any atom is -0.371 e. The Kier molecular flexibility index (Phi) is 5.39. The number of aryl methyl sites for hydroxylation is 1. The monoisotopic (exact) mass is 457 g/mol. The highest BCUT2D eigenvalue weighted by Gasteiger charge is 2.31. The number of rotatable bonds is 5. The molecule has 5 rings (SSSR count). The van der Waals surface area contributed by atoms with Gasteiger partial charge in [-0.25, -0.2) is 14.5 Å². The predicted octanol–water partition coefficient (Wildman–Crippen LogP) is 4.96. The third kappa shape index (κ3) is 3.73. The molecule has 0 amide bonds. The molecular weight excluding hydrogens is 426 g/mol. The average molecular weight is 458 g/mol. The normalized spacial score (nSPS) is 20.7. The molecule has 9 heteroatoms. The summed E-state index contributed by atoms with van der Waals surface area (Å²) in [4.78, 5) is 14.4. The van der Waals surface area contributed by atoms with Gasteiger partial charge in [-0.15, -0.1) is 5.10 Å². The van der Waals surface area contributed by atoms with Crippen LogP contribution < -0.4 is 10.6 Å². The molecule has 0 atom stereocenters. The summed E-state index contributed by atoms with van der Waals surface area (Å²) in [5, 5.41) is 20.9. The van der Waals surface area contributed by atoms with Gasteiger partial charge in [0.15, 0.2) is 11.5 Å². The van der Waals surface area contributed by atoms with Gasteiger partial charge in [0.1, 0.15) is 16.9 Å². The zero-order valence-corrected chi connectivity index (χ0v) is 20.4. The molecule has 0 aromatic carbocycles. The molecule has 1 fully saturated rings. The van der Waals surface area contributed by atoms with Crippen LogP contribution in [0, 0.1) is 23.7 Å². The van der Waals surface area contributed by atoms with Gasteiger partial charge < -0.3 is 15.2 Å². The number of hydrogen-bond donors (Lipinski definition) is 2. The van der Waals surface area contributed by atoms with Crippen molar-refractivity contribution in [3.05, 3.63) is 30.2 Å². The van der Waals surface area contributed by atoms with E-state index in [9.17, 15) is 5.26 Å². The molecule has 4 aromatic heterocycles. The van der Waals surface area contributed by atoms with Crippen LogP contribution >= 0.6 is 0 Å². The van der Waals surface area contributed by atoms with Gasteiger partial charge in [-0.05, 0) is 71.6 Å². The summed E-state index contributed by atoms with van der Waals surface area (Å²) in [7, 11) is 1.87. The van der Waals surface area contributed by atoms with Crippen LogP contribution in [-0.4, -0.2) is 42.2 Å². The van der Waals surface area contributed by atoms with E-state index >= 15 is 0 Å². The zero-order valence-electron chi connectivity index (χ0n) is 20.4. The number of aromatic nitrogens is 6. The lowest BCUT2D eigenvalue weighted by Crippen LogP contribution is -2.31. The quantitative estimate of drug-likeness (QED) is 0.436. The van der Waals surface area contributed by atoms with Crippen LogP contribution in [0.25, 0.3) is 27.9 Å². The van der Waals surface area contributed by atoms with Crippen LogP contribution in [0.4, 0.5) is 11.8 Å². The third-order valence-corrected chi connectivity index (χ3v) is 6.95. The van der Waals surface area contributed by atoms with E-state index in [2.05, 4.69) is 40.1 Å².